The maximum absolute atomic E-state index is 13.7. The monoisotopic (exact) mass is 288 g/mol. The lowest BCUT2D eigenvalue weighted by Gasteiger charge is -2.09. The quantitative estimate of drug-likeness (QED) is 0.887. The lowest BCUT2D eigenvalue weighted by molar-refractivity contribution is 0.511. The molecule has 1 heterocycles. The summed E-state index contributed by atoms with van der Waals surface area (Å²) in [5.41, 5.74) is 0.135. The normalized spacial score (nSPS) is 10.5. The van der Waals surface area contributed by atoms with Crippen LogP contribution in [0.15, 0.2) is 24.3 Å². The van der Waals surface area contributed by atoms with E-state index in [2.05, 4.69) is 10.3 Å². The number of nitrogens with zero attached hydrogens (tertiary/aromatic N) is 1. The fourth-order valence-electron chi connectivity index (χ4n) is 1.52. The molecule has 0 amide bonds. The largest absolute Gasteiger partial charge is 0.372 e. The van der Waals surface area contributed by atoms with Crippen LogP contribution >= 0.6 is 23.2 Å². The van der Waals surface area contributed by atoms with Gasteiger partial charge >= 0.3 is 0 Å². The Balaban J connectivity index is 2.67. The van der Waals surface area contributed by atoms with Gasteiger partial charge < -0.3 is 5.32 Å². The number of hydrogen-bond donors (Lipinski definition) is 1. The second-order valence-electron chi connectivity index (χ2n) is 3.50. The molecule has 1 aromatic carbocycles. The van der Waals surface area contributed by atoms with Crippen molar-refractivity contribution in [2.24, 2.45) is 0 Å². The van der Waals surface area contributed by atoms with Crippen molar-refractivity contribution in [1.82, 2.24) is 4.98 Å². The zero-order chi connectivity index (χ0) is 13.3. The van der Waals surface area contributed by atoms with Gasteiger partial charge in [0.2, 0.25) is 0 Å². The number of aromatic nitrogens is 1. The third kappa shape index (κ3) is 2.26. The number of anilines is 1. The Hall–Kier alpha value is -1.39. The van der Waals surface area contributed by atoms with Crippen LogP contribution in [0.2, 0.25) is 10.0 Å². The maximum atomic E-state index is 13.7. The molecule has 0 aliphatic carbocycles. The third-order valence-corrected chi connectivity index (χ3v) is 2.95. The van der Waals surface area contributed by atoms with E-state index in [4.69, 9.17) is 23.2 Å². The van der Waals surface area contributed by atoms with E-state index in [0.29, 0.717) is 10.8 Å². The molecule has 1 N–H and O–H groups in total. The van der Waals surface area contributed by atoms with Crippen LogP contribution in [0.25, 0.3) is 11.3 Å². The number of nitrogens with one attached hydrogen (secondary N) is 1. The first-order valence-electron chi connectivity index (χ1n) is 5.02. The first-order valence-corrected chi connectivity index (χ1v) is 5.78. The number of rotatable bonds is 2. The molecular formula is C12H8Cl2F2N2. The molecular weight excluding hydrogens is 281 g/mol. The van der Waals surface area contributed by atoms with E-state index in [0.717, 1.165) is 6.07 Å². The van der Waals surface area contributed by atoms with Gasteiger partial charge in [-0.3, -0.25) is 0 Å². The van der Waals surface area contributed by atoms with Crippen molar-refractivity contribution < 1.29 is 8.78 Å². The predicted octanol–water partition coefficient (Wildman–Crippen LogP) is 4.38. The van der Waals surface area contributed by atoms with Crippen molar-refractivity contribution in [3.05, 3.63) is 45.9 Å². The van der Waals surface area contributed by atoms with Gasteiger partial charge in [-0.1, -0.05) is 29.3 Å². The van der Waals surface area contributed by atoms with Crippen LogP contribution in [-0.4, -0.2) is 12.0 Å². The lowest BCUT2D eigenvalue weighted by atomic mass is 10.1. The van der Waals surface area contributed by atoms with Crippen molar-refractivity contribution in [3.63, 3.8) is 0 Å². The zero-order valence-electron chi connectivity index (χ0n) is 9.27. The zero-order valence-corrected chi connectivity index (χ0v) is 10.8. The second-order valence-corrected chi connectivity index (χ2v) is 4.32. The minimum absolute atomic E-state index is 0.00633. The van der Waals surface area contributed by atoms with E-state index in [-0.39, 0.29) is 16.3 Å². The average Bonchev–Trinajstić information content (AvgIpc) is 2.34. The number of pyridine rings is 1. The van der Waals surface area contributed by atoms with Crippen LogP contribution in [0.1, 0.15) is 0 Å². The third-order valence-electron chi connectivity index (χ3n) is 2.37. The van der Waals surface area contributed by atoms with Crippen molar-refractivity contribution in [1.29, 1.82) is 0 Å². The molecule has 0 saturated carbocycles. The molecule has 18 heavy (non-hydrogen) atoms. The summed E-state index contributed by atoms with van der Waals surface area (Å²) in [6.07, 6.45) is 0. The van der Waals surface area contributed by atoms with Gasteiger partial charge in [-0.05, 0) is 18.2 Å². The lowest BCUT2D eigenvalue weighted by Crippen LogP contribution is -1.98. The highest BCUT2D eigenvalue weighted by Crippen LogP contribution is 2.33. The summed E-state index contributed by atoms with van der Waals surface area (Å²) in [6, 6.07) is 5.25. The molecule has 2 nitrogen and oxygen atoms in total. The van der Waals surface area contributed by atoms with E-state index >= 15 is 0 Å². The Morgan fingerprint density at radius 3 is 2.56 bits per heavy atom. The first-order chi connectivity index (χ1) is 8.54. The van der Waals surface area contributed by atoms with E-state index in [1.807, 2.05) is 0 Å². The molecule has 0 aliphatic rings. The minimum atomic E-state index is -0.990. The van der Waals surface area contributed by atoms with E-state index in [1.54, 1.807) is 7.05 Å². The Kier molecular flexibility index (Phi) is 3.68. The topological polar surface area (TPSA) is 24.9 Å². The fraction of sp³-hybridized carbons (Fsp3) is 0.0833. The van der Waals surface area contributed by atoms with Gasteiger partial charge in [-0.25, -0.2) is 13.8 Å². The van der Waals surface area contributed by atoms with Crippen LogP contribution < -0.4 is 5.32 Å². The van der Waals surface area contributed by atoms with Gasteiger partial charge in [0.05, 0.1) is 15.7 Å². The highest BCUT2D eigenvalue weighted by Gasteiger charge is 2.16. The van der Waals surface area contributed by atoms with Gasteiger partial charge in [0.25, 0.3) is 0 Å². The fourth-order valence-corrected chi connectivity index (χ4v) is 2.07. The van der Waals surface area contributed by atoms with Crippen molar-refractivity contribution >= 4 is 29.0 Å². The molecule has 6 heteroatoms. The molecule has 0 atom stereocenters. The molecule has 0 unspecified atom stereocenters. The molecule has 0 radical (unpaired) electrons. The molecule has 2 aromatic rings. The van der Waals surface area contributed by atoms with Gasteiger partial charge in [0.15, 0.2) is 11.6 Å². The highest BCUT2D eigenvalue weighted by atomic mass is 35.5. The molecule has 1 aromatic heterocycles. The molecule has 0 aliphatic heterocycles. The Morgan fingerprint density at radius 1 is 1.17 bits per heavy atom. The second kappa shape index (κ2) is 5.08. The molecule has 0 spiro atoms. The van der Waals surface area contributed by atoms with Crippen LogP contribution in [0.4, 0.5) is 14.6 Å². The van der Waals surface area contributed by atoms with E-state index in [9.17, 15) is 8.78 Å². The SMILES string of the molecule is CNc1nc(-c2cccc(F)c2F)c(Cl)cc1Cl. The van der Waals surface area contributed by atoms with Crippen LogP contribution in [-0.2, 0) is 0 Å². The maximum Gasteiger partial charge on any atom is 0.168 e. The first kappa shape index (κ1) is 13.1. The molecule has 2 rings (SSSR count). The molecule has 0 bridgehead atoms. The highest BCUT2D eigenvalue weighted by molar-refractivity contribution is 6.37. The summed E-state index contributed by atoms with van der Waals surface area (Å²) in [5.74, 6) is -1.60. The molecule has 0 fully saturated rings. The minimum Gasteiger partial charge on any atom is -0.372 e. The van der Waals surface area contributed by atoms with Crippen molar-refractivity contribution in [2.75, 3.05) is 12.4 Å². The Morgan fingerprint density at radius 2 is 1.89 bits per heavy atom. The standard InChI is InChI=1S/C12H8Cl2F2N2/c1-17-12-8(14)5-7(13)11(18-12)6-3-2-4-9(15)10(6)16/h2-5H,1H3,(H,17,18). The van der Waals surface area contributed by atoms with Crippen molar-refractivity contribution in [2.45, 2.75) is 0 Å². The Bertz CT molecular complexity index is 603. The number of benzene rings is 1. The van der Waals surface area contributed by atoms with E-state index < -0.39 is 11.6 Å². The predicted molar refractivity (Wildman–Crippen MR) is 69.2 cm³/mol. The molecule has 0 saturated heterocycles. The van der Waals surface area contributed by atoms with Gasteiger partial charge in [-0.2, -0.15) is 0 Å². The summed E-state index contributed by atoms with van der Waals surface area (Å²) < 4.78 is 26.8. The van der Waals surface area contributed by atoms with E-state index in [1.165, 1.54) is 18.2 Å². The van der Waals surface area contributed by atoms with Crippen LogP contribution in [0.3, 0.4) is 0 Å². The average molecular weight is 289 g/mol. The van der Waals surface area contributed by atoms with Crippen molar-refractivity contribution in [3.8, 4) is 11.3 Å². The summed E-state index contributed by atoms with van der Waals surface area (Å²) in [6.45, 7) is 0. The van der Waals surface area contributed by atoms with Gasteiger partial charge in [0.1, 0.15) is 5.82 Å². The number of hydrogen-bond acceptors (Lipinski definition) is 2. The van der Waals surface area contributed by atoms with Crippen LogP contribution in [0, 0.1) is 11.6 Å². The van der Waals surface area contributed by atoms with Crippen LogP contribution in [0.5, 0.6) is 0 Å². The Labute approximate surface area is 113 Å². The summed E-state index contributed by atoms with van der Waals surface area (Å²) >= 11 is 11.8. The molecule has 94 valence electrons. The smallest absolute Gasteiger partial charge is 0.168 e. The van der Waals surface area contributed by atoms with Gasteiger partial charge in [0, 0.05) is 12.6 Å². The number of halogens is 4. The summed E-state index contributed by atoms with van der Waals surface area (Å²) in [7, 11) is 1.62. The van der Waals surface area contributed by atoms with Gasteiger partial charge in [-0.15, -0.1) is 0 Å². The summed E-state index contributed by atoms with van der Waals surface area (Å²) in [5, 5.41) is 3.21. The summed E-state index contributed by atoms with van der Waals surface area (Å²) in [4.78, 5) is 4.08.